The third-order valence-electron chi connectivity index (χ3n) is 6.67. The fraction of sp³-hybridized carbons (Fsp3) is 0.357. The molecule has 2 N–H and O–H groups in total. The van der Waals surface area contributed by atoms with Crippen molar-refractivity contribution >= 4 is 43.9 Å². The van der Waals surface area contributed by atoms with Crippen LogP contribution in [-0.4, -0.2) is 43.6 Å². The first kappa shape index (κ1) is 27.8. The largest absolute Gasteiger partial charge is 0.481 e. The van der Waals surface area contributed by atoms with Gasteiger partial charge in [0.05, 0.1) is 29.0 Å². The van der Waals surface area contributed by atoms with Crippen molar-refractivity contribution in [3.05, 3.63) is 63.5 Å². The molecular formula is C28H29ClF2N4O2S. The van der Waals surface area contributed by atoms with E-state index in [-0.39, 0.29) is 37.3 Å². The molecule has 1 saturated heterocycles. The Bertz CT molecular complexity index is 1480. The number of anilines is 1. The monoisotopic (exact) mass is 558 g/mol. The number of hydrogen-bond donors (Lipinski definition) is 1. The minimum absolute atomic E-state index is 0.0700. The van der Waals surface area contributed by atoms with Gasteiger partial charge in [-0.25, -0.2) is 8.78 Å². The second kappa shape index (κ2) is 11.7. The summed E-state index contributed by atoms with van der Waals surface area (Å²) in [5.41, 5.74) is 7.30. The van der Waals surface area contributed by atoms with Crippen LogP contribution < -0.4 is 5.73 Å². The summed E-state index contributed by atoms with van der Waals surface area (Å²) in [6, 6.07) is 6.44. The highest BCUT2D eigenvalue weighted by atomic mass is 35.5. The Kier molecular flexibility index (Phi) is 8.56. The fourth-order valence-electron chi connectivity index (χ4n) is 4.65. The van der Waals surface area contributed by atoms with Gasteiger partial charge >= 0.3 is 0 Å². The van der Waals surface area contributed by atoms with E-state index in [1.165, 1.54) is 12.1 Å². The molecule has 0 aliphatic carbocycles. The van der Waals surface area contributed by atoms with E-state index in [9.17, 15) is 9.65 Å². The minimum atomic E-state index is -0.584. The number of allylic oxidation sites excluding steroid dienone is 1. The van der Waals surface area contributed by atoms with Gasteiger partial charge in [-0.3, -0.25) is 0 Å². The van der Waals surface area contributed by atoms with Crippen LogP contribution in [0.4, 0.5) is 13.8 Å². The molecule has 0 radical (unpaired) electrons. The van der Waals surface area contributed by atoms with Gasteiger partial charge in [0.25, 0.3) is 0 Å². The zero-order valence-corrected chi connectivity index (χ0v) is 23.3. The van der Waals surface area contributed by atoms with Gasteiger partial charge in [0.1, 0.15) is 28.5 Å². The van der Waals surface area contributed by atoms with Crippen LogP contribution in [0.15, 0.2) is 35.2 Å². The van der Waals surface area contributed by atoms with Crippen LogP contribution in [0, 0.1) is 29.9 Å². The smallest absolute Gasteiger partial charge is 0.210 e. The third-order valence-corrected chi connectivity index (χ3v) is 7.99. The topological polar surface area (TPSA) is 83.9 Å². The molecule has 6 nitrogen and oxygen atoms in total. The van der Waals surface area contributed by atoms with Gasteiger partial charge in [0.15, 0.2) is 0 Å². The molecule has 0 bridgehead atoms. The van der Waals surface area contributed by atoms with Crippen molar-refractivity contribution in [2.75, 3.05) is 32.6 Å². The predicted molar refractivity (Wildman–Crippen MR) is 150 cm³/mol. The van der Waals surface area contributed by atoms with Crippen LogP contribution in [0.1, 0.15) is 43.4 Å². The number of halogens is 3. The molecule has 2 heterocycles. The van der Waals surface area contributed by atoms with Crippen LogP contribution in [0.5, 0.6) is 0 Å². The van der Waals surface area contributed by atoms with Crippen LogP contribution in [0.25, 0.3) is 21.2 Å². The highest BCUT2D eigenvalue weighted by molar-refractivity contribution is 7.23. The highest BCUT2D eigenvalue weighted by Crippen LogP contribution is 2.44. The van der Waals surface area contributed by atoms with Crippen LogP contribution in [0.2, 0.25) is 5.02 Å². The van der Waals surface area contributed by atoms with Crippen LogP contribution >= 0.6 is 22.9 Å². The SMILES string of the molecule is CC/C=C(/N=C(\c1cc(Cl)c(-c2ccc(F)c3sc(N)c(C#N)c23)c(F)c1C)N1CCOCCC1C)OC. The molecule has 0 spiro atoms. The summed E-state index contributed by atoms with van der Waals surface area (Å²) in [5, 5.41) is 10.2. The molecule has 38 heavy (non-hydrogen) atoms. The first-order valence-corrected chi connectivity index (χ1v) is 13.5. The van der Waals surface area contributed by atoms with Gasteiger partial charge < -0.3 is 20.1 Å². The molecule has 4 rings (SSSR count). The average molecular weight is 559 g/mol. The third kappa shape index (κ3) is 5.08. The van der Waals surface area contributed by atoms with Crippen LogP contribution in [-0.2, 0) is 9.47 Å². The number of nitrogen functional groups attached to an aromatic ring is 1. The second-order valence-corrected chi connectivity index (χ2v) is 10.5. The zero-order chi connectivity index (χ0) is 27.6. The maximum atomic E-state index is 16.3. The number of rotatable bonds is 5. The summed E-state index contributed by atoms with van der Waals surface area (Å²) in [6.07, 6.45) is 3.33. The van der Waals surface area contributed by atoms with Crippen molar-refractivity contribution in [1.82, 2.24) is 4.90 Å². The van der Waals surface area contributed by atoms with Crippen molar-refractivity contribution in [2.45, 2.75) is 39.7 Å². The number of nitrogens with zero attached hydrogens (tertiary/aromatic N) is 3. The summed E-state index contributed by atoms with van der Waals surface area (Å²) in [4.78, 5) is 6.88. The average Bonchev–Trinajstić information content (AvgIpc) is 3.09. The normalized spacial score (nSPS) is 17.0. The summed E-state index contributed by atoms with van der Waals surface area (Å²) in [5.74, 6) is -0.184. The van der Waals surface area contributed by atoms with Crippen molar-refractivity contribution in [2.24, 2.45) is 4.99 Å². The molecule has 0 saturated carbocycles. The molecule has 200 valence electrons. The quantitative estimate of drug-likeness (QED) is 0.207. The molecule has 1 aliphatic heterocycles. The number of benzene rings is 2. The van der Waals surface area contributed by atoms with Gasteiger partial charge in [-0.05, 0) is 56.0 Å². The van der Waals surface area contributed by atoms with E-state index in [1.807, 2.05) is 19.1 Å². The Morgan fingerprint density at radius 1 is 1.39 bits per heavy atom. The number of methoxy groups -OCH3 is 1. The van der Waals surface area contributed by atoms with E-state index in [1.54, 1.807) is 20.1 Å². The molecule has 1 unspecified atom stereocenters. The van der Waals surface area contributed by atoms with Crippen molar-refractivity contribution in [3.8, 4) is 17.2 Å². The molecule has 1 atom stereocenters. The first-order valence-electron chi connectivity index (χ1n) is 12.3. The number of amidine groups is 1. The van der Waals surface area contributed by atoms with E-state index >= 15 is 4.39 Å². The molecular weight excluding hydrogens is 530 g/mol. The van der Waals surface area contributed by atoms with Crippen molar-refractivity contribution in [1.29, 1.82) is 5.26 Å². The molecule has 3 aromatic rings. The van der Waals surface area contributed by atoms with Crippen molar-refractivity contribution in [3.63, 3.8) is 0 Å². The standard InChI is InChI=1S/C28H29ClF2N4O2S/c1-5-6-22(36-4)34-28(35-10-12-37-11-9-15(35)2)18-13-20(29)24(25(31)16(18)3)17-7-8-21(30)26-23(17)19(14-32)27(33)38-26/h6-8,13,15H,5,9-12,33H2,1-4H3/b22-6-,34-28+. The Morgan fingerprint density at radius 3 is 2.84 bits per heavy atom. The van der Waals surface area contributed by atoms with Gasteiger partial charge in [-0.15, -0.1) is 11.3 Å². The van der Waals surface area contributed by atoms with E-state index < -0.39 is 11.6 Å². The lowest BCUT2D eigenvalue weighted by atomic mass is 9.94. The van der Waals surface area contributed by atoms with Gasteiger partial charge in [0, 0.05) is 35.7 Å². The Hall–Kier alpha value is -3.19. The number of nitriles is 1. The molecule has 10 heteroatoms. The zero-order valence-electron chi connectivity index (χ0n) is 21.7. The number of ether oxygens (including phenoxy) is 2. The van der Waals surface area contributed by atoms with Gasteiger partial charge in [-0.1, -0.05) is 24.6 Å². The van der Waals surface area contributed by atoms with E-state index in [4.69, 9.17) is 31.8 Å². The summed E-state index contributed by atoms with van der Waals surface area (Å²) >= 11 is 7.73. The fourth-order valence-corrected chi connectivity index (χ4v) is 5.89. The lowest BCUT2D eigenvalue weighted by Gasteiger charge is -2.31. The molecule has 0 amide bonds. The van der Waals surface area contributed by atoms with Crippen LogP contribution in [0.3, 0.4) is 0 Å². The maximum absolute atomic E-state index is 16.3. The van der Waals surface area contributed by atoms with Gasteiger partial charge in [-0.2, -0.15) is 10.3 Å². The summed E-state index contributed by atoms with van der Waals surface area (Å²) < 4.78 is 42.3. The number of fused-ring (bicyclic) bond motifs is 1. The Balaban J connectivity index is 1.98. The Labute approximate surface area is 229 Å². The number of nitrogens with two attached hydrogens (primary N) is 1. The molecule has 1 aliphatic rings. The predicted octanol–water partition coefficient (Wildman–Crippen LogP) is 7.02. The number of thiophene rings is 1. The number of hydrogen-bond acceptors (Lipinski definition) is 6. The minimum Gasteiger partial charge on any atom is -0.481 e. The maximum Gasteiger partial charge on any atom is 0.210 e. The summed E-state index contributed by atoms with van der Waals surface area (Å²) in [6.45, 7) is 7.38. The Morgan fingerprint density at radius 2 is 2.16 bits per heavy atom. The molecule has 2 aromatic carbocycles. The van der Waals surface area contributed by atoms with E-state index in [0.717, 1.165) is 17.8 Å². The van der Waals surface area contributed by atoms with Gasteiger partial charge in [0.2, 0.25) is 5.88 Å². The lowest BCUT2D eigenvalue weighted by Crippen LogP contribution is -2.40. The molecule has 1 fully saturated rings. The molecule has 1 aromatic heterocycles. The van der Waals surface area contributed by atoms with E-state index in [0.29, 0.717) is 54.6 Å². The summed E-state index contributed by atoms with van der Waals surface area (Å²) in [7, 11) is 1.54. The number of aliphatic imine (C=N–C) groups is 1. The lowest BCUT2D eigenvalue weighted by molar-refractivity contribution is 0.147. The van der Waals surface area contributed by atoms with E-state index in [2.05, 4.69) is 11.8 Å². The highest BCUT2D eigenvalue weighted by Gasteiger charge is 2.28. The van der Waals surface area contributed by atoms with Crippen molar-refractivity contribution < 1.29 is 18.3 Å². The first-order chi connectivity index (χ1) is 18.2. The second-order valence-electron chi connectivity index (χ2n) is 9.01.